The first kappa shape index (κ1) is 17.3. The number of nitrogens with zero attached hydrogens (tertiary/aromatic N) is 2. The van der Waals surface area contributed by atoms with Gasteiger partial charge in [0.15, 0.2) is 0 Å². The second-order valence-electron chi connectivity index (χ2n) is 6.73. The molecule has 5 nitrogen and oxygen atoms in total. The van der Waals surface area contributed by atoms with E-state index in [1.807, 2.05) is 38.1 Å². The van der Waals surface area contributed by atoms with Crippen LogP contribution < -0.4 is 4.90 Å². The zero-order valence-corrected chi connectivity index (χ0v) is 14.3. The van der Waals surface area contributed by atoms with Gasteiger partial charge in [0.25, 0.3) is 0 Å². The molecule has 126 valence electrons. The molecular weight excluding hydrogens is 292 g/mol. The highest BCUT2D eigenvalue weighted by molar-refractivity contribution is 5.99. The van der Waals surface area contributed by atoms with Gasteiger partial charge in [-0.05, 0) is 29.9 Å². The number of hydrogen-bond donors (Lipinski definition) is 1. The van der Waals surface area contributed by atoms with Crippen LogP contribution in [0.4, 0.5) is 10.5 Å². The van der Waals surface area contributed by atoms with Crippen LogP contribution in [-0.2, 0) is 4.79 Å². The highest BCUT2D eigenvalue weighted by Gasteiger charge is 2.38. The molecule has 1 fully saturated rings. The van der Waals surface area contributed by atoms with E-state index >= 15 is 0 Å². The molecule has 1 aliphatic rings. The van der Waals surface area contributed by atoms with Crippen molar-refractivity contribution < 1.29 is 14.7 Å². The molecule has 0 spiro atoms. The van der Waals surface area contributed by atoms with E-state index in [0.717, 1.165) is 12.0 Å². The number of carbonyl (C=O) groups is 2. The lowest BCUT2D eigenvalue weighted by Gasteiger charge is -2.40. The number of aliphatic carboxylic acids is 1. The van der Waals surface area contributed by atoms with Gasteiger partial charge in [-0.25, -0.2) is 9.59 Å². The molecular formula is C18H26N2O3. The molecule has 1 aromatic carbocycles. The van der Waals surface area contributed by atoms with Gasteiger partial charge in [-0.15, -0.1) is 0 Å². The maximum Gasteiger partial charge on any atom is 0.327 e. The Morgan fingerprint density at radius 3 is 2.17 bits per heavy atom. The molecule has 5 heteroatoms. The number of para-hydroxylation sites is 1. The standard InChI is InChI=1S/C18H26N2O3/c1-12(2)14-8-5-6-9-15(14)20(16(13(3)4)17(21)22)18(23)19-10-7-11-19/h5-6,8-9,12-13,16H,7,10-11H2,1-4H3,(H,21,22)/t16-/m0/s1. The van der Waals surface area contributed by atoms with Gasteiger partial charge in [0, 0.05) is 18.8 Å². The lowest BCUT2D eigenvalue weighted by atomic mass is 9.96. The summed E-state index contributed by atoms with van der Waals surface area (Å²) in [7, 11) is 0. The number of carboxylic acid groups (broad SMARTS) is 1. The van der Waals surface area contributed by atoms with Crippen LogP contribution in [0, 0.1) is 5.92 Å². The molecule has 1 N–H and O–H groups in total. The van der Waals surface area contributed by atoms with Crippen molar-refractivity contribution in [2.24, 2.45) is 5.92 Å². The molecule has 23 heavy (non-hydrogen) atoms. The van der Waals surface area contributed by atoms with Gasteiger partial charge in [0.1, 0.15) is 6.04 Å². The SMILES string of the molecule is CC(C)c1ccccc1N(C(=O)N1CCC1)[C@H](C(=O)O)C(C)C. The largest absolute Gasteiger partial charge is 0.480 e. The van der Waals surface area contributed by atoms with Crippen LogP contribution in [0.2, 0.25) is 0 Å². The predicted octanol–water partition coefficient (Wildman–Crippen LogP) is 3.55. The van der Waals surface area contributed by atoms with Crippen molar-refractivity contribution in [1.82, 2.24) is 4.90 Å². The van der Waals surface area contributed by atoms with Crippen molar-refractivity contribution in [2.45, 2.75) is 46.1 Å². The highest BCUT2D eigenvalue weighted by atomic mass is 16.4. The second-order valence-corrected chi connectivity index (χ2v) is 6.73. The van der Waals surface area contributed by atoms with Crippen LogP contribution in [0.5, 0.6) is 0 Å². The summed E-state index contributed by atoms with van der Waals surface area (Å²) in [5.41, 5.74) is 1.70. The molecule has 2 rings (SSSR count). The van der Waals surface area contributed by atoms with Gasteiger partial charge >= 0.3 is 12.0 Å². The average molecular weight is 318 g/mol. The van der Waals surface area contributed by atoms with Crippen LogP contribution in [-0.4, -0.2) is 41.1 Å². The Hall–Kier alpha value is -2.04. The minimum absolute atomic E-state index is 0.182. The molecule has 0 saturated carbocycles. The second kappa shape index (κ2) is 7.02. The van der Waals surface area contributed by atoms with E-state index < -0.39 is 12.0 Å². The Morgan fingerprint density at radius 1 is 1.13 bits per heavy atom. The minimum atomic E-state index is -0.965. The summed E-state index contributed by atoms with van der Waals surface area (Å²) in [5, 5.41) is 9.71. The topological polar surface area (TPSA) is 60.9 Å². The molecule has 0 radical (unpaired) electrons. The van der Waals surface area contributed by atoms with E-state index in [4.69, 9.17) is 0 Å². The molecule has 0 bridgehead atoms. The van der Waals surface area contributed by atoms with Gasteiger partial charge in [0.05, 0.1) is 0 Å². The van der Waals surface area contributed by atoms with Crippen molar-refractivity contribution in [3.05, 3.63) is 29.8 Å². The summed E-state index contributed by atoms with van der Waals surface area (Å²) in [4.78, 5) is 28.0. The zero-order chi connectivity index (χ0) is 17.1. The van der Waals surface area contributed by atoms with Gasteiger partial charge in [-0.1, -0.05) is 45.9 Å². The molecule has 2 amide bonds. The molecule has 0 unspecified atom stereocenters. The summed E-state index contributed by atoms with van der Waals surface area (Å²) >= 11 is 0. The van der Waals surface area contributed by atoms with Crippen molar-refractivity contribution >= 4 is 17.7 Å². The molecule has 1 atom stereocenters. The summed E-state index contributed by atoms with van der Waals surface area (Å²) in [6, 6.07) is 6.53. The van der Waals surface area contributed by atoms with Gasteiger partial charge in [-0.3, -0.25) is 4.90 Å². The number of carboxylic acids is 1. The number of hydrogen-bond acceptors (Lipinski definition) is 2. The first-order valence-electron chi connectivity index (χ1n) is 8.24. The van der Waals surface area contributed by atoms with E-state index in [-0.39, 0.29) is 17.9 Å². The smallest absolute Gasteiger partial charge is 0.327 e. The Bertz CT molecular complexity index is 579. The fraction of sp³-hybridized carbons (Fsp3) is 0.556. The number of anilines is 1. The number of benzene rings is 1. The summed E-state index contributed by atoms with van der Waals surface area (Å²) in [6.45, 7) is 9.18. The number of rotatable bonds is 5. The number of amides is 2. The van der Waals surface area contributed by atoms with Crippen LogP contribution >= 0.6 is 0 Å². The number of urea groups is 1. The quantitative estimate of drug-likeness (QED) is 0.903. The molecule has 1 saturated heterocycles. The Morgan fingerprint density at radius 2 is 1.74 bits per heavy atom. The van der Waals surface area contributed by atoms with Crippen LogP contribution in [0.15, 0.2) is 24.3 Å². The van der Waals surface area contributed by atoms with Crippen molar-refractivity contribution in [3.63, 3.8) is 0 Å². The third-order valence-corrected chi connectivity index (χ3v) is 4.31. The summed E-state index contributed by atoms with van der Waals surface area (Å²) in [5.74, 6) is -0.940. The van der Waals surface area contributed by atoms with Crippen LogP contribution in [0.1, 0.15) is 45.6 Å². The van der Waals surface area contributed by atoms with Crippen molar-refractivity contribution in [1.29, 1.82) is 0 Å². The normalized spacial score (nSPS) is 15.5. The fourth-order valence-electron chi connectivity index (χ4n) is 2.92. The zero-order valence-electron chi connectivity index (χ0n) is 14.3. The number of likely N-dealkylation sites (tertiary alicyclic amines) is 1. The lowest BCUT2D eigenvalue weighted by molar-refractivity contribution is -0.139. The van der Waals surface area contributed by atoms with E-state index in [9.17, 15) is 14.7 Å². The molecule has 0 aliphatic carbocycles. The molecule has 1 heterocycles. The van der Waals surface area contributed by atoms with Crippen LogP contribution in [0.25, 0.3) is 0 Å². The Balaban J connectivity index is 2.53. The number of carbonyl (C=O) groups excluding carboxylic acids is 1. The summed E-state index contributed by atoms with van der Waals surface area (Å²) in [6.07, 6.45) is 0.977. The Labute approximate surface area is 137 Å². The van der Waals surface area contributed by atoms with E-state index in [0.29, 0.717) is 18.8 Å². The Kier molecular flexibility index (Phi) is 5.29. The van der Waals surface area contributed by atoms with Gasteiger partial charge < -0.3 is 10.0 Å². The van der Waals surface area contributed by atoms with Crippen molar-refractivity contribution in [2.75, 3.05) is 18.0 Å². The predicted molar refractivity (Wildman–Crippen MR) is 90.9 cm³/mol. The third kappa shape index (κ3) is 3.49. The maximum atomic E-state index is 12.9. The first-order valence-corrected chi connectivity index (χ1v) is 8.24. The maximum absolute atomic E-state index is 12.9. The highest BCUT2D eigenvalue weighted by Crippen LogP contribution is 2.32. The molecule has 1 aliphatic heterocycles. The van der Waals surface area contributed by atoms with Crippen molar-refractivity contribution in [3.8, 4) is 0 Å². The fourth-order valence-corrected chi connectivity index (χ4v) is 2.92. The summed E-state index contributed by atoms with van der Waals surface area (Å²) < 4.78 is 0. The first-order chi connectivity index (χ1) is 10.8. The molecule has 1 aromatic rings. The van der Waals surface area contributed by atoms with Gasteiger partial charge in [0.2, 0.25) is 0 Å². The minimum Gasteiger partial charge on any atom is -0.480 e. The monoisotopic (exact) mass is 318 g/mol. The lowest BCUT2D eigenvalue weighted by Crippen LogP contribution is -2.57. The third-order valence-electron chi connectivity index (χ3n) is 4.31. The average Bonchev–Trinajstić information content (AvgIpc) is 2.41. The van der Waals surface area contributed by atoms with E-state index in [1.54, 1.807) is 4.90 Å². The molecule has 0 aromatic heterocycles. The van der Waals surface area contributed by atoms with E-state index in [2.05, 4.69) is 13.8 Å². The van der Waals surface area contributed by atoms with E-state index in [1.165, 1.54) is 4.90 Å². The van der Waals surface area contributed by atoms with Gasteiger partial charge in [-0.2, -0.15) is 0 Å². The van der Waals surface area contributed by atoms with Crippen LogP contribution in [0.3, 0.4) is 0 Å².